The molecule has 9 nitrogen and oxygen atoms in total. The van der Waals surface area contributed by atoms with Gasteiger partial charge in [-0.2, -0.15) is 4.98 Å². The molecule has 2 atom stereocenters. The molecule has 53 heavy (non-hydrogen) atoms. The van der Waals surface area contributed by atoms with Crippen molar-refractivity contribution in [3.05, 3.63) is 47.9 Å². The van der Waals surface area contributed by atoms with Crippen LogP contribution < -0.4 is 14.4 Å². The van der Waals surface area contributed by atoms with E-state index < -0.39 is 20.1 Å². The molecule has 0 amide bonds. The maximum absolute atomic E-state index is 16.2. The fourth-order valence-electron chi connectivity index (χ4n) is 8.95. The van der Waals surface area contributed by atoms with Gasteiger partial charge in [-0.3, -0.25) is 4.90 Å². The second-order valence-electron chi connectivity index (χ2n) is 15.6. The lowest BCUT2D eigenvalue weighted by atomic mass is 9.95. The Labute approximate surface area is 313 Å². The Balaban J connectivity index is 1.55. The second kappa shape index (κ2) is 15.8. The SMILES string of the molecule is COCOc1cc(-c2cc3nc(OC[C@@]45CCCN4C[C@H](F)C5)ncc3c(N(C)CCO)n2)c2c(C#C[Si](C(C)C)(C(C)C)C(C)C)c(F)ccc2c1. The largest absolute Gasteiger partial charge is 0.468 e. The van der Waals surface area contributed by atoms with Crippen LogP contribution in [0.4, 0.5) is 14.6 Å². The first-order valence-corrected chi connectivity index (χ1v) is 21.0. The zero-order chi connectivity index (χ0) is 38.1. The van der Waals surface area contributed by atoms with Crippen LogP contribution in [-0.4, -0.2) is 98.5 Å². The van der Waals surface area contributed by atoms with Gasteiger partial charge in [0.15, 0.2) is 6.79 Å². The first-order valence-electron chi connectivity index (χ1n) is 18.8. The molecule has 0 bridgehead atoms. The summed E-state index contributed by atoms with van der Waals surface area (Å²) in [7, 11) is 1.17. The van der Waals surface area contributed by atoms with Gasteiger partial charge in [0.05, 0.1) is 34.3 Å². The number of halogens is 2. The highest BCUT2D eigenvalue weighted by molar-refractivity contribution is 6.90. The molecule has 0 saturated carbocycles. The molecule has 0 spiro atoms. The Hall–Kier alpha value is -3.89. The lowest BCUT2D eigenvalue weighted by Gasteiger charge is -2.38. The smallest absolute Gasteiger partial charge is 0.316 e. The first kappa shape index (κ1) is 38.8. The summed E-state index contributed by atoms with van der Waals surface area (Å²) in [6.45, 7) is 15.3. The Kier molecular flexibility index (Phi) is 11.6. The van der Waals surface area contributed by atoms with E-state index in [-0.39, 0.29) is 24.9 Å². The topological polar surface area (TPSA) is 93.1 Å². The Bertz CT molecular complexity index is 2000. The molecule has 2 aliphatic heterocycles. The van der Waals surface area contributed by atoms with Crippen LogP contribution in [0.1, 0.15) is 66.4 Å². The van der Waals surface area contributed by atoms with Gasteiger partial charge in [0, 0.05) is 50.8 Å². The third kappa shape index (κ3) is 7.46. The second-order valence-corrected chi connectivity index (χ2v) is 21.2. The normalized spacial score (nSPS) is 19.0. The van der Waals surface area contributed by atoms with Gasteiger partial charge >= 0.3 is 6.01 Å². The molecule has 284 valence electrons. The zero-order valence-electron chi connectivity index (χ0n) is 32.3. The minimum Gasteiger partial charge on any atom is -0.468 e. The quantitative estimate of drug-likeness (QED) is 0.0833. The first-order chi connectivity index (χ1) is 25.3. The molecule has 2 saturated heterocycles. The van der Waals surface area contributed by atoms with Crippen LogP contribution in [0.3, 0.4) is 0 Å². The molecular weight excluding hydrogens is 693 g/mol. The van der Waals surface area contributed by atoms with Crippen LogP contribution in [-0.2, 0) is 4.74 Å². The standard InChI is InChI=1S/C41H53F2N5O4Si/c1-26(2)53(27(3)4,28(5)6)17-12-32-35(43)11-10-29-18-31(52-25-50-8)19-33(38(29)32)36-20-37-34(39(45-36)47(7)15-16-49)22-44-40(46-37)51-24-41-13-9-14-48(41)23-30(42)21-41/h10-11,18-20,22,26-28,30,49H,9,13-16,21,23-25H2,1-8H3/t30-,41+/m1/s1. The third-order valence-electron chi connectivity index (χ3n) is 11.5. The summed E-state index contributed by atoms with van der Waals surface area (Å²) in [5.74, 6) is 4.07. The van der Waals surface area contributed by atoms with E-state index in [0.717, 1.165) is 24.8 Å². The third-order valence-corrected chi connectivity index (χ3v) is 17.8. The van der Waals surface area contributed by atoms with Gasteiger partial charge in [-0.1, -0.05) is 53.5 Å². The van der Waals surface area contributed by atoms with Crippen molar-refractivity contribution < 1.29 is 28.1 Å². The molecule has 2 aromatic heterocycles. The van der Waals surface area contributed by atoms with Gasteiger partial charge in [0.25, 0.3) is 0 Å². The Morgan fingerprint density at radius 3 is 2.53 bits per heavy atom. The van der Waals surface area contributed by atoms with Crippen molar-refractivity contribution in [1.29, 1.82) is 0 Å². The summed E-state index contributed by atoms with van der Waals surface area (Å²) in [5.41, 5.74) is 6.48. The van der Waals surface area contributed by atoms with Gasteiger partial charge < -0.3 is 24.2 Å². The molecule has 4 heterocycles. The molecule has 2 aliphatic rings. The maximum Gasteiger partial charge on any atom is 0.316 e. The maximum atomic E-state index is 16.2. The van der Waals surface area contributed by atoms with Gasteiger partial charge in [-0.15, -0.1) is 5.54 Å². The molecule has 0 radical (unpaired) electrons. The van der Waals surface area contributed by atoms with Crippen molar-refractivity contribution in [3.63, 3.8) is 0 Å². The van der Waals surface area contributed by atoms with Crippen molar-refractivity contribution in [1.82, 2.24) is 19.9 Å². The molecular formula is C41H53F2N5O4Si. The number of nitrogens with zero attached hydrogens (tertiary/aromatic N) is 5. The summed E-state index contributed by atoms with van der Waals surface area (Å²) in [6.07, 6.45) is 3.13. The number of aliphatic hydroxyl groups excluding tert-OH is 1. The van der Waals surface area contributed by atoms with Crippen LogP contribution in [0.2, 0.25) is 16.6 Å². The van der Waals surface area contributed by atoms with E-state index in [1.54, 1.807) is 19.4 Å². The van der Waals surface area contributed by atoms with Crippen LogP contribution in [0.15, 0.2) is 36.5 Å². The average molecular weight is 746 g/mol. The number of ether oxygens (including phenoxy) is 3. The van der Waals surface area contributed by atoms with Crippen LogP contribution in [0.25, 0.3) is 32.9 Å². The summed E-state index contributed by atoms with van der Waals surface area (Å²) in [4.78, 5) is 18.5. The van der Waals surface area contributed by atoms with E-state index in [0.29, 0.717) is 87.4 Å². The van der Waals surface area contributed by atoms with Gasteiger partial charge in [-0.25, -0.2) is 18.7 Å². The molecule has 4 aromatic rings. The van der Waals surface area contributed by atoms with E-state index in [4.69, 9.17) is 24.2 Å². The minimum absolute atomic E-state index is 0.0235. The number of likely N-dealkylation sites (N-methyl/N-ethyl adjacent to an activating group) is 1. The summed E-state index contributed by atoms with van der Waals surface area (Å²) in [5, 5.41) is 11.9. The number of rotatable bonds is 13. The number of alkyl halides is 1. The zero-order valence-corrected chi connectivity index (χ0v) is 33.3. The number of aromatic nitrogens is 3. The van der Waals surface area contributed by atoms with Crippen molar-refractivity contribution in [2.24, 2.45) is 0 Å². The molecule has 12 heteroatoms. The van der Waals surface area contributed by atoms with Gasteiger partial charge in [0.1, 0.15) is 38.2 Å². The number of aliphatic hydroxyl groups is 1. The highest BCUT2D eigenvalue weighted by Crippen LogP contribution is 2.43. The predicted molar refractivity (Wildman–Crippen MR) is 210 cm³/mol. The van der Waals surface area contributed by atoms with Crippen molar-refractivity contribution in [2.75, 3.05) is 58.7 Å². The molecule has 2 fully saturated rings. The molecule has 0 aliphatic carbocycles. The number of hydrogen-bond acceptors (Lipinski definition) is 9. The van der Waals surface area contributed by atoms with E-state index in [9.17, 15) is 9.50 Å². The fraction of sp³-hybridized carbons (Fsp3) is 0.537. The molecule has 1 N–H and O–H groups in total. The van der Waals surface area contributed by atoms with Crippen molar-refractivity contribution in [3.8, 4) is 34.5 Å². The number of benzene rings is 2. The number of methoxy groups -OCH3 is 1. The average Bonchev–Trinajstić information content (AvgIpc) is 3.65. The monoisotopic (exact) mass is 745 g/mol. The van der Waals surface area contributed by atoms with Gasteiger partial charge in [0.2, 0.25) is 0 Å². The van der Waals surface area contributed by atoms with E-state index in [1.165, 1.54) is 6.07 Å². The Morgan fingerprint density at radius 1 is 1.08 bits per heavy atom. The number of pyridine rings is 1. The lowest BCUT2D eigenvalue weighted by molar-refractivity contribution is 0.0512. The highest BCUT2D eigenvalue weighted by atomic mass is 28.3. The van der Waals surface area contributed by atoms with Crippen LogP contribution >= 0.6 is 0 Å². The minimum atomic E-state index is -2.22. The predicted octanol–water partition coefficient (Wildman–Crippen LogP) is 7.92. The van der Waals surface area contributed by atoms with E-state index >= 15 is 4.39 Å². The molecule has 0 unspecified atom stereocenters. The van der Waals surface area contributed by atoms with Crippen LogP contribution in [0.5, 0.6) is 11.8 Å². The number of fused-ring (bicyclic) bond motifs is 3. The lowest BCUT2D eigenvalue weighted by Crippen LogP contribution is -2.43. The summed E-state index contributed by atoms with van der Waals surface area (Å²) < 4.78 is 48.1. The highest BCUT2D eigenvalue weighted by Gasteiger charge is 2.49. The number of anilines is 1. The summed E-state index contributed by atoms with van der Waals surface area (Å²) >= 11 is 0. The number of hydrogen-bond donors (Lipinski definition) is 1. The van der Waals surface area contributed by atoms with E-state index in [1.807, 2.05) is 30.1 Å². The van der Waals surface area contributed by atoms with Crippen molar-refractivity contribution in [2.45, 2.75) is 89.1 Å². The fourth-order valence-corrected chi connectivity index (χ4v) is 14.2. The van der Waals surface area contributed by atoms with Gasteiger partial charge in [-0.05, 0) is 65.7 Å². The molecule has 6 rings (SSSR count). The van der Waals surface area contributed by atoms with Crippen LogP contribution in [0, 0.1) is 17.3 Å². The van der Waals surface area contributed by atoms with Crippen molar-refractivity contribution >= 4 is 35.6 Å². The summed E-state index contributed by atoms with van der Waals surface area (Å²) in [6, 6.07) is 8.94. The molecule has 2 aromatic carbocycles. The Morgan fingerprint density at radius 2 is 1.83 bits per heavy atom. The van der Waals surface area contributed by atoms with E-state index in [2.05, 4.69) is 62.9 Å².